The summed E-state index contributed by atoms with van der Waals surface area (Å²) >= 11 is 0. The standard InChI is InChI=1S/C26H37N5O3/c1-5-7-15-30-24-23(25(33)29-26(30)34)31(17-18(3)4)21(28-24)13-14-22(32)27-16-19(6-2)20-11-9-8-10-12-20/h8-12,18-19H,5-7,13-17H2,1-4H3,(H,27,32)(H,29,33,34). The minimum Gasteiger partial charge on any atom is -0.355 e. The number of imidazole rings is 1. The first-order valence-corrected chi connectivity index (χ1v) is 12.4. The number of carbonyl (C=O) groups excluding carboxylic acids is 1. The number of aromatic nitrogens is 4. The number of H-pyrrole nitrogens is 1. The first kappa shape index (κ1) is 25.5. The van der Waals surface area contributed by atoms with Crippen LogP contribution in [0.25, 0.3) is 11.2 Å². The fourth-order valence-corrected chi connectivity index (χ4v) is 4.27. The van der Waals surface area contributed by atoms with E-state index in [1.807, 2.05) is 22.8 Å². The van der Waals surface area contributed by atoms with Crippen LogP contribution in [-0.2, 0) is 24.3 Å². The van der Waals surface area contributed by atoms with Gasteiger partial charge in [-0.3, -0.25) is 19.1 Å². The van der Waals surface area contributed by atoms with Crippen molar-refractivity contribution in [1.29, 1.82) is 0 Å². The summed E-state index contributed by atoms with van der Waals surface area (Å²) in [4.78, 5) is 45.0. The van der Waals surface area contributed by atoms with Gasteiger partial charge in [0.2, 0.25) is 5.91 Å². The average molecular weight is 468 g/mol. The fraction of sp³-hybridized carbons (Fsp3) is 0.538. The molecule has 0 radical (unpaired) electrons. The van der Waals surface area contributed by atoms with E-state index in [1.54, 1.807) is 4.57 Å². The van der Waals surface area contributed by atoms with E-state index < -0.39 is 11.2 Å². The van der Waals surface area contributed by atoms with Crippen LogP contribution in [0.1, 0.15) is 70.7 Å². The molecule has 3 rings (SSSR count). The molecule has 2 aromatic heterocycles. The van der Waals surface area contributed by atoms with Crippen molar-refractivity contribution in [2.45, 2.75) is 78.8 Å². The van der Waals surface area contributed by atoms with Crippen LogP contribution in [0.5, 0.6) is 0 Å². The van der Waals surface area contributed by atoms with Crippen LogP contribution in [0, 0.1) is 5.92 Å². The number of aromatic amines is 1. The Hall–Kier alpha value is -3.16. The largest absolute Gasteiger partial charge is 0.355 e. The first-order chi connectivity index (χ1) is 16.3. The van der Waals surface area contributed by atoms with E-state index in [-0.39, 0.29) is 24.2 Å². The molecule has 34 heavy (non-hydrogen) atoms. The summed E-state index contributed by atoms with van der Waals surface area (Å²) in [6.07, 6.45) is 3.34. The van der Waals surface area contributed by atoms with Crippen molar-refractivity contribution in [3.8, 4) is 0 Å². The maximum absolute atomic E-state index is 12.7. The van der Waals surface area contributed by atoms with Crippen molar-refractivity contribution < 1.29 is 4.79 Å². The highest BCUT2D eigenvalue weighted by Crippen LogP contribution is 2.19. The molecule has 8 heteroatoms. The van der Waals surface area contributed by atoms with Gasteiger partial charge in [-0.05, 0) is 24.3 Å². The fourth-order valence-electron chi connectivity index (χ4n) is 4.27. The Morgan fingerprint density at radius 3 is 2.50 bits per heavy atom. The van der Waals surface area contributed by atoms with Crippen molar-refractivity contribution >= 4 is 17.1 Å². The summed E-state index contributed by atoms with van der Waals surface area (Å²) < 4.78 is 3.43. The van der Waals surface area contributed by atoms with E-state index >= 15 is 0 Å². The molecule has 2 N–H and O–H groups in total. The molecule has 0 aliphatic rings. The Balaban J connectivity index is 1.80. The van der Waals surface area contributed by atoms with Crippen LogP contribution in [0.2, 0.25) is 0 Å². The topological polar surface area (TPSA) is 102 Å². The second-order valence-corrected chi connectivity index (χ2v) is 9.29. The molecule has 0 spiro atoms. The SMILES string of the molecule is CCCCn1c(=O)[nH]c(=O)c2c1nc(CCC(=O)NCC(CC)c1ccccc1)n2CC(C)C. The smallest absolute Gasteiger partial charge is 0.330 e. The van der Waals surface area contributed by atoms with Crippen molar-refractivity contribution in [3.05, 3.63) is 62.6 Å². The Bertz CT molecular complexity index is 1210. The van der Waals surface area contributed by atoms with Gasteiger partial charge >= 0.3 is 5.69 Å². The summed E-state index contributed by atoms with van der Waals surface area (Å²) in [5.74, 6) is 1.16. The second-order valence-electron chi connectivity index (χ2n) is 9.29. The Labute approximate surface area is 200 Å². The molecular formula is C26H37N5O3. The van der Waals surface area contributed by atoms with Crippen molar-refractivity contribution in [2.75, 3.05) is 6.54 Å². The minimum atomic E-state index is -0.434. The molecule has 3 aromatic rings. The Morgan fingerprint density at radius 1 is 1.12 bits per heavy atom. The molecule has 0 aliphatic heterocycles. The van der Waals surface area contributed by atoms with Crippen LogP contribution in [0.3, 0.4) is 0 Å². The summed E-state index contributed by atoms with van der Waals surface area (Å²) in [5, 5.41) is 3.06. The zero-order valence-corrected chi connectivity index (χ0v) is 20.8. The van der Waals surface area contributed by atoms with Crippen LogP contribution in [0.4, 0.5) is 0 Å². The van der Waals surface area contributed by atoms with Gasteiger partial charge in [0.15, 0.2) is 11.2 Å². The lowest BCUT2D eigenvalue weighted by Gasteiger charge is -2.16. The minimum absolute atomic E-state index is 0.0465. The predicted octanol–water partition coefficient (Wildman–Crippen LogP) is 3.59. The highest BCUT2D eigenvalue weighted by atomic mass is 16.2. The first-order valence-electron chi connectivity index (χ1n) is 12.4. The molecule has 1 atom stereocenters. The molecule has 2 heterocycles. The average Bonchev–Trinajstić information content (AvgIpc) is 3.16. The normalized spacial score (nSPS) is 12.4. The van der Waals surface area contributed by atoms with Crippen molar-refractivity contribution in [2.24, 2.45) is 5.92 Å². The number of fused-ring (bicyclic) bond motifs is 1. The molecule has 1 unspecified atom stereocenters. The molecule has 0 saturated carbocycles. The monoisotopic (exact) mass is 467 g/mol. The summed E-state index contributed by atoms with van der Waals surface area (Å²) in [5.41, 5.74) is 1.18. The molecule has 0 aliphatic carbocycles. The van der Waals surface area contributed by atoms with E-state index in [0.29, 0.717) is 43.0 Å². The zero-order chi connectivity index (χ0) is 24.7. The number of carbonyl (C=O) groups is 1. The van der Waals surface area contributed by atoms with Gasteiger partial charge < -0.3 is 9.88 Å². The molecule has 8 nitrogen and oxygen atoms in total. The van der Waals surface area contributed by atoms with Gasteiger partial charge in [0.05, 0.1) is 0 Å². The third-order valence-corrected chi connectivity index (χ3v) is 6.13. The zero-order valence-electron chi connectivity index (χ0n) is 20.8. The number of aryl methyl sites for hydroxylation is 2. The maximum atomic E-state index is 12.7. The van der Waals surface area contributed by atoms with Gasteiger partial charge in [-0.1, -0.05) is 64.4 Å². The summed E-state index contributed by atoms with van der Waals surface area (Å²) in [7, 11) is 0. The van der Waals surface area contributed by atoms with Gasteiger partial charge in [-0.25, -0.2) is 9.78 Å². The lowest BCUT2D eigenvalue weighted by molar-refractivity contribution is -0.121. The molecule has 0 saturated heterocycles. The molecule has 0 bridgehead atoms. The number of nitrogens with zero attached hydrogens (tertiary/aromatic N) is 3. The number of nitrogens with one attached hydrogen (secondary N) is 2. The quantitative estimate of drug-likeness (QED) is 0.425. The van der Waals surface area contributed by atoms with Crippen molar-refractivity contribution in [3.63, 3.8) is 0 Å². The number of rotatable bonds is 12. The number of hydrogen-bond donors (Lipinski definition) is 2. The van der Waals surface area contributed by atoms with E-state index in [0.717, 1.165) is 19.3 Å². The van der Waals surface area contributed by atoms with Crippen LogP contribution in [0.15, 0.2) is 39.9 Å². The van der Waals surface area contributed by atoms with E-state index in [9.17, 15) is 14.4 Å². The van der Waals surface area contributed by atoms with Crippen LogP contribution < -0.4 is 16.6 Å². The van der Waals surface area contributed by atoms with Gasteiger partial charge in [0.1, 0.15) is 5.82 Å². The molecule has 1 aromatic carbocycles. The highest BCUT2D eigenvalue weighted by Gasteiger charge is 2.20. The molecule has 0 fully saturated rings. The molecule has 1 amide bonds. The Morgan fingerprint density at radius 2 is 1.85 bits per heavy atom. The highest BCUT2D eigenvalue weighted by molar-refractivity contribution is 5.76. The third-order valence-electron chi connectivity index (χ3n) is 6.13. The number of hydrogen-bond acceptors (Lipinski definition) is 4. The molecular weight excluding hydrogens is 430 g/mol. The lowest BCUT2D eigenvalue weighted by Crippen LogP contribution is -2.31. The lowest BCUT2D eigenvalue weighted by atomic mass is 9.96. The van der Waals surface area contributed by atoms with Gasteiger partial charge in [-0.15, -0.1) is 0 Å². The van der Waals surface area contributed by atoms with Gasteiger partial charge in [0, 0.05) is 38.4 Å². The van der Waals surface area contributed by atoms with Crippen molar-refractivity contribution in [1.82, 2.24) is 24.4 Å². The number of unbranched alkanes of at least 4 members (excludes halogenated alkanes) is 1. The van der Waals surface area contributed by atoms with Gasteiger partial charge in [0.25, 0.3) is 5.56 Å². The number of benzene rings is 1. The second kappa shape index (κ2) is 11.8. The molecule has 184 valence electrons. The Kier molecular flexibility index (Phi) is 8.85. The number of amides is 1. The van der Waals surface area contributed by atoms with E-state index in [4.69, 9.17) is 4.98 Å². The maximum Gasteiger partial charge on any atom is 0.330 e. The summed E-state index contributed by atoms with van der Waals surface area (Å²) in [6.45, 7) is 9.98. The van der Waals surface area contributed by atoms with E-state index in [1.165, 1.54) is 5.56 Å². The summed E-state index contributed by atoms with van der Waals surface area (Å²) in [6, 6.07) is 10.2. The van der Waals surface area contributed by atoms with Crippen LogP contribution in [-0.4, -0.2) is 31.6 Å². The van der Waals surface area contributed by atoms with E-state index in [2.05, 4.69) is 50.1 Å². The van der Waals surface area contributed by atoms with Gasteiger partial charge in [-0.2, -0.15) is 0 Å². The predicted molar refractivity (Wildman–Crippen MR) is 135 cm³/mol. The van der Waals surface area contributed by atoms with Crippen LogP contribution >= 0.6 is 0 Å². The third kappa shape index (κ3) is 6.04.